The van der Waals surface area contributed by atoms with E-state index in [0.29, 0.717) is 30.8 Å². The first-order chi connectivity index (χ1) is 14.3. The number of sulfonamides is 1. The summed E-state index contributed by atoms with van der Waals surface area (Å²) in [6.45, 7) is 4.06. The Morgan fingerprint density at radius 3 is 2.53 bits per heavy atom. The quantitative estimate of drug-likeness (QED) is 0.693. The Kier molecular flexibility index (Phi) is 6.67. The van der Waals surface area contributed by atoms with Crippen molar-refractivity contribution < 1.29 is 22.7 Å². The van der Waals surface area contributed by atoms with E-state index in [-0.39, 0.29) is 23.4 Å². The van der Waals surface area contributed by atoms with E-state index in [4.69, 9.17) is 9.47 Å². The third kappa shape index (κ3) is 4.44. The van der Waals surface area contributed by atoms with Crippen molar-refractivity contribution in [2.75, 3.05) is 25.7 Å². The van der Waals surface area contributed by atoms with Gasteiger partial charge in [0.1, 0.15) is 0 Å². The first-order valence-electron chi connectivity index (χ1n) is 9.96. The second-order valence-corrected chi connectivity index (χ2v) is 9.07. The Morgan fingerprint density at radius 2 is 1.87 bits per heavy atom. The van der Waals surface area contributed by atoms with Gasteiger partial charge in [-0.3, -0.25) is 4.79 Å². The van der Waals surface area contributed by atoms with Crippen molar-refractivity contribution in [1.29, 1.82) is 0 Å². The van der Waals surface area contributed by atoms with Gasteiger partial charge >= 0.3 is 0 Å². The lowest BCUT2D eigenvalue weighted by molar-refractivity contribution is -0.118. The number of amides is 1. The number of anilines is 1. The van der Waals surface area contributed by atoms with Crippen LogP contribution in [0.25, 0.3) is 0 Å². The number of rotatable bonds is 8. The number of nitrogens with zero attached hydrogens (tertiary/aromatic N) is 1. The van der Waals surface area contributed by atoms with E-state index < -0.39 is 10.0 Å². The van der Waals surface area contributed by atoms with Gasteiger partial charge in [0.15, 0.2) is 11.5 Å². The summed E-state index contributed by atoms with van der Waals surface area (Å²) < 4.78 is 38.7. The van der Waals surface area contributed by atoms with Crippen molar-refractivity contribution in [2.45, 2.75) is 44.0 Å². The van der Waals surface area contributed by atoms with Crippen LogP contribution in [-0.2, 0) is 27.7 Å². The molecular weight excluding hydrogens is 404 g/mol. The van der Waals surface area contributed by atoms with Gasteiger partial charge in [-0.15, -0.1) is 0 Å². The molecule has 1 N–H and O–H groups in total. The molecule has 0 spiro atoms. The lowest BCUT2D eigenvalue weighted by atomic mass is 10.1. The van der Waals surface area contributed by atoms with Crippen molar-refractivity contribution in [3.8, 4) is 11.5 Å². The second-order valence-electron chi connectivity index (χ2n) is 7.30. The molecule has 2 aromatic carbocycles. The van der Waals surface area contributed by atoms with E-state index in [0.717, 1.165) is 16.8 Å². The van der Waals surface area contributed by atoms with Crippen LogP contribution in [0.1, 0.15) is 31.4 Å². The van der Waals surface area contributed by atoms with Gasteiger partial charge in [-0.2, -0.15) is 0 Å². The van der Waals surface area contributed by atoms with E-state index >= 15 is 0 Å². The van der Waals surface area contributed by atoms with Crippen LogP contribution in [0.5, 0.6) is 11.5 Å². The molecule has 0 unspecified atom stereocenters. The molecule has 162 valence electrons. The lowest BCUT2D eigenvalue weighted by Gasteiger charge is -2.22. The summed E-state index contributed by atoms with van der Waals surface area (Å²) in [5.74, 6) is 1.28. The minimum absolute atomic E-state index is 0.0309. The maximum absolute atomic E-state index is 12.8. The van der Waals surface area contributed by atoms with Crippen LogP contribution in [0.3, 0.4) is 0 Å². The summed E-state index contributed by atoms with van der Waals surface area (Å²) >= 11 is 0. The summed E-state index contributed by atoms with van der Waals surface area (Å²) in [5, 5.41) is 0. The van der Waals surface area contributed by atoms with E-state index in [1.165, 1.54) is 0 Å². The van der Waals surface area contributed by atoms with E-state index in [9.17, 15) is 13.2 Å². The molecule has 1 aliphatic rings. The Morgan fingerprint density at radius 1 is 1.13 bits per heavy atom. The highest BCUT2D eigenvalue weighted by atomic mass is 32.2. The molecule has 8 heteroatoms. The zero-order valence-corrected chi connectivity index (χ0v) is 18.6. The summed E-state index contributed by atoms with van der Waals surface area (Å²) in [7, 11) is -0.517. The molecule has 3 rings (SSSR count). The number of ether oxygens (including phenoxy) is 2. The third-order valence-electron chi connectivity index (χ3n) is 5.30. The smallest absolute Gasteiger partial charge is 0.240 e. The molecule has 0 fully saturated rings. The molecule has 1 aliphatic heterocycles. The van der Waals surface area contributed by atoms with Crippen molar-refractivity contribution in [2.24, 2.45) is 0 Å². The number of methoxy groups -OCH3 is 2. The minimum atomic E-state index is -3.65. The van der Waals surface area contributed by atoms with Crippen LogP contribution < -0.4 is 19.1 Å². The minimum Gasteiger partial charge on any atom is -0.493 e. The molecule has 30 heavy (non-hydrogen) atoms. The predicted octanol–water partition coefficient (Wildman–Crippen LogP) is 2.91. The van der Waals surface area contributed by atoms with Crippen LogP contribution in [-0.4, -0.2) is 41.1 Å². The third-order valence-corrected chi connectivity index (χ3v) is 6.76. The SMILES string of the molecule is CCC(=O)N1c2ccc(S(=O)(=O)NCCc3ccc(OC)c(OC)c3)cc2C[C@@H]1C. The highest BCUT2D eigenvalue weighted by molar-refractivity contribution is 7.89. The first-order valence-corrected chi connectivity index (χ1v) is 11.4. The van der Waals surface area contributed by atoms with E-state index in [1.807, 2.05) is 26.0 Å². The van der Waals surface area contributed by atoms with Crippen LogP contribution in [0, 0.1) is 0 Å². The maximum atomic E-state index is 12.8. The fraction of sp³-hybridized carbons (Fsp3) is 0.409. The Labute approximate surface area is 178 Å². The topological polar surface area (TPSA) is 84.9 Å². The van der Waals surface area contributed by atoms with Crippen LogP contribution in [0.4, 0.5) is 5.69 Å². The molecule has 0 aliphatic carbocycles. The number of hydrogen-bond acceptors (Lipinski definition) is 5. The monoisotopic (exact) mass is 432 g/mol. The molecule has 2 aromatic rings. The maximum Gasteiger partial charge on any atom is 0.240 e. The Hall–Kier alpha value is -2.58. The van der Waals surface area contributed by atoms with Crippen molar-refractivity contribution in [3.05, 3.63) is 47.5 Å². The Balaban J connectivity index is 1.70. The molecule has 0 saturated heterocycles. The zero-order chi connectivity index (χ0) is 21.9. The van der Waals surface area contributed by atoms with Gasteiger partial charge in [-0.1, -0.05) is 13.0 Å². The average Bonchev–Trinajstić information content (AvgIpc) is 3.07. The van der Waals surface area contributed by atoms with Crippen LogP contribution in [0.15, 0.2) is 41.3 Å². The lowest BCUT2D eigenvalue weighted by Crippen LogP contribution is -2.35. The van der Waals surface area contributed by atoms with Crippen molar-refractivity contribution in [3.63, 3.8) is 0 Å². The van der Waals surface area contributed by atoms with E-state index in [2.05, 4.69) is 4.72 Å². The summed E-state index contributed by atoms with van der Waals surface area (Å²) in [4.78, 5) is 14.2. The number of hydrogen-bond donors (Lipinski definition) is 1. The standard InChI is InChI=1S/C22H28N2O5S/c1-5-22(25)24-15(2)12-17-14-18(7-8-19(17)24)30(26,27)23-11-10-16-6-9-20(28-3)21(13-16)29-4/h6-9,13-15,23H,5,10-12H2,1-4H3/t15-/m0/s1. The molecule has 0 bridgehead atoms. The van der Waals surface area contributed by atoms with Crippen molar-refractivity contribution in [1.82, 2.24) is 4.72 Å². The molecule has 1 heterocycles. The number of benzene rings is 2. The van der Waals surface area contributed by atoms with Crippen molar-refractivity contribution >= 4 is 21.6 Å². The van der Waals surface area contributed by atoms with Gasteiger partial charge in [0, 0.05) is 24.7 Å². The van der Waals surface area contributed by atoms with Crippen LogP contribution in [0.2, 0.25) is 0 Å². The van der Waals surface area contributed by atoms with Gasteiger partial charge in [0.05, 0.1) is 19.1 Å². The normalized spacial score (nSPS) is 15.7. The van der Waals surface area contributed by atoms with Gasteiger partial charge in [0.2, 0.25) is 15.9 Å². The highest BCUT2D eigenvalue weighted by Crippen LogP contribution is 2.34. The molecule has 0 aromatic heterocycles. The molecule has 7 nitrogen and oxygen atoms in total. The highest BCUT2D eigenvalue weighted by Gasteiger charge is 2.31. The fourth-order valence-electron chi connectivity index (χ4n) is 3.77. The zero-order valence-electron chi connectivity index (χ0n) is 17.8. The first kappa shape index (κ1) is 22.1. The molecular formula is C22H28N2O5S. The molecule has 0 saturated carbocycles. The summed E-state index contributed by atoms with van der Waals surface area (Å²) in [6, 6.07) is 10.5. The van der Waals surface area contributed by atoms with Gasteiger partial charge in [0.25, 0.3) is 0 Å². The Bertz CT molecular complexity index is 1040. The van der Waals surface area contributed by atoms with Crippen LogP contribution >= 0.6 is 0 Å². The number of nitrogens with one attached hydrogen (secondary N) is 1. The molecule has 0 radical (unpaired) electrons. The summed E-state index contributed by atoms with van der Waals surface area (Å²) in [6.07, 6.45) is 1.58. The predicted molar refractivity (Wildman–Crippen MR) is 116 cm³/mol. The second kappa shape index (κ2) is 9.06. The van der Waals surface area contributed by atoms with Gasteiger partial charge in [-0.25, -0.2) is 13.1 Å². The molecule has 1 amide bonds. The van der Waals surface area contributed by atoms with E-state index in [1.54, 1.807) is 43.4 Å². The fourth-order valence-corrected chi connectivity index (χ4v) is 4.86. The molecule has 1 atom stereocenters. The number of carbonyl (C=O) groups excluding carboxylic acids is 1. The number of fused-ring (bicyclic) bond motifs is 1. The van der Waals surface area contributed by atoms with Gasteiger partial charge in [-0.05, 0) is 61.2 Å². The largest absolute Gasteiger partial charge is 0.493 e. The summed E-state index contributed by atoms with van der Waals surface area (Å²) in [5.41, 5.74) is 2.62. The number of carbonyl (C=O) groups is 1. The van der Waals surface area contributed by atoms with Gasteiger partial charge < -0.3 is 14.4 Å². The average molecular weight is 433 g/mol.